The Morgan fingerprint density at radius 1 is 0.300 bits per heavy atom. The molecule has 232 valence electrons. The largest absolute Gasteiger partial charge is 0.135 e. The molecule has 2 aromatic heterocycles. The van der Waals surface area contributed by atoms with Gasteiger partial charge < -0.3 is 0 Å². The first-order chi connectivity index (χ1) is 24.8. The van der Waals surface area contributed by atoms with Gasteiger partial charge >= 0.3 is 0 Å². The van der Waals surface area contributed by atoms with Gasteiger partial charge in [-0.1, -0.05) is 140 Å². The van der Waals surface area contributed by atoms with E-state index in [1.807, 2.05) is 22.7 Å². The average Bonchev–Trinajstić information content (AvgIpc) is 3.75. The zero-order valence-electron chi connectivity index (χ0n) is 27.0. The van der Waals surface area contributed by atoms with Crippen molar-refractivity contribution in [3.8, 4) is 33.4 Å². The van der Waals surface area contributed by atoms with E-state index in [1.165, 1.54) is 106 Å². The second-order valence-corrected chi connectivity index (χ2v) is 15.3. The molecule has 0 nitrogen and oxygen atoms in total. The second-order valence-electron chi connectivity index (χ2n) is 13.2. The number of fused-ring (bicyclic) bond motifs is 10. The molecule has 0 radical (unpaired) electrons. The number of hydrogen-bond acceptors (Lipinski definition) is 2. The molecule has 0 spiro atoms. The van der Waals surface area contributed by atoms with Crippen molar-refractivity contribution < 1.29 is 0 Å². The molecule has 9 aromatic carbocycles. The van der Waals surface area contributed by atoms with Crippen molar-refractivity contribution in [3.05, 3.63) is 170 Å². The normalized spacial score (nSPS) is 12.0. The molecule has 0 saturated carbocycles. The third-order valence-electron chi connectivity index (χ3n) is 10.4. The Bertz CT molecular complexity index is 3080. The molecule has 0 N–H and O–H groups in total. The lowest BCUT2D eigenvalue weighted by molar-refractivity contribution is 1.65. The molecule has 11 rings (SSSR count). The lowest BCUT2D eigenvalue weighted by Gasteiger charge is -2.19. The van der Waals surface area contributed by atoms with Crippen LogP contribution < -0.4 is 0 Å². The summed E-state index contributed by atoms with van der Waals surface area (Å²) < 4.78 is 5.44. The van der Waals surface area contributed by atoms with Gasteiger partial charge in [-0.05, 0) is 96.0 Å². The van der Waals surface area contributed by atoms with Gasteiger partial charge in [0.25, 0.3) is 0 Å². The van der Waals surface area contributed by atoms with Crippen LogP contribution in [0.3, 0.4) is 0 Å². The summed E-state index contributed by atoms with van der Waals surface area (Å²) in [5.41, 5.74) is 7.60. The summed E-state index contributed by atoms with van der Waals surface area (Å²) in [5, 5.41) is 13.1. The molecule has 0 fully saturated rings. The summed E-state index contributed by atoms with van der Waals surface area (Å²) in [4.78, 5) is 0. The molecule has 0 aliphatic heterocycles. The molecule has 0 saturated heterocycles. The summed E-state index contributed by atoms with van der Waals surface area (Å²) in [5.74, 6) is 0. The van der Waals surface area contributed by atoms with Gasteiger partial charge in [-0.3, -0.25) is 0 Å². The van der Waals surface area contributed by atoms with Crippen molar-refractivity contribution in [2.75, 3.05) is 0 Å². The fourth-order valence-electron chi connectivity index (χ4n) is 8.24. The molecule has 2 heterocycles. The van der Waals surface area contributed by atoms with Crippen molar-refractivity contribution in [2.24, 2.45) is 0 Å². The summed E-state index contributed by atoms with van der Waals surface area (Å²) in [7, 11) is 0. The summed E-state index contributed by atoms with van der Waals surface area (Å²) in [6.07, 6.45) is 0. The van der Waals surface area contributed by atoms with Gasteiger partial charge in [0.15, 0.2) is 0 Å². The van der Waals surface area contributed by atoms with Crippen LogP contribution >= 0.6 is 22.7 Å². The van der Waals surface area contributed by atoms with Crippen LogP contribution in [-0.4, -0.2) is 0 Å². The van der Waals surface area contributed by atoms with Crippen LogP contribution in [-0.2, 0) is 0 Å². The molecule has 0 aliphatic rings. The lowest BCUT2D eigenvalue weighted by Crippen LogP contribution is -1.92. The third-order valence-corrected chi connectivity index (χ3v) is 12.8. The summed E-state index contributed by atoms with van der Waals surface area (Å²) in [6.45, 7) is 0. The average molecular weight is 669 g/mol. The predicted octanol–water partition coefficient (Wildman–Crippen LogP) is 14.9. The molecule has 2 heteroatoms. The van der Waals surface area contributed by atoms with E-state index in [-0.39, 0.29) is 0 Å². The van der Waals surface area contributed by atoms with E-state index in [9.17, 15) is 0 Å². The molecule has 0 bridgehead atoms. The molecule has 0 aliphatic carbocycles. The van der Waals surface area contributed by atoms with Gasteiger partial charge in [0.1, 0.15) is 0 Å². The van der Waals surface area contributed by atoms with E-state index >= 15 is 0 Å². The van der Waals surface area contributed by atoms with E-state index in [1.54, 1.807) is 0 Å². The minimum atomic E-state index is 1.24. The van der Waals surface area contributed by atoms with E-state index in [4.69, 9.17) is 0 Å². The van der Waals surface area contributed by atoms with Gasteiger partial charge in [-0.25, -0.2) is 0 Å². The number of hydrogen-bond donors (Lipinski definition) is 0. The Balaban J connectivity index is 1.18. The minimum absolute atomic E-state index is 1.24. The van der Waals surface area contributed by atoms with Crippen molar-refractivity contribution in [3.63, 3.8) is 0 Å². The standard InChI is InChI=1S/C48H28S2/c1-2-12-29(13-3-1)45-35-17-6-8-19-37(35)46(38-20-9-7-18-36(38)45)41-27-32(26-31-14-4-5-15-33(31)41)30-22-23-40-44(28-30)49-43-25-24-39-34-16-10-11-21-42(34)50-48(39)47(40)43/h1-28H. The molecular weight excluding hydrogens is 641 g/mol. The Hall–Kier alpha value is -5.80. The van der Waals surface area contributed by atoms with Crippen molar-refractivity contribution >= 4 is 95.3 Å². The highest BCUT2D eigenvalue weighted by atomic mass is 32.1. The number of thiophene rings is 2. The Kier molecular flexibility index (Phi) is 6.09. The van der Waals surface area contributed by atoms with Gasteiger partial charge in [-0.15, -0.1) is 22.7 Å². The minimum Gasteiger partial charge on any atom is -0.135 e. The van der Waals surface area contributed by atoms with Gasteiger partial charge in [0, 0.05) is 40.3 Å². The first kappa shape index (κ1) is 28.1. The van der Waals surface area contributed by atoms with Crippen molar-refractivity contribution in [1.29, 1.82) is 0 Å². The smallest absolute Gasteiger partial charge is 0.0448 e. The molecule has 11 aromatic rings. The zero-order chi connectivity index (χ0) is 32.8. The first-order valence-electron chi connectivity index (χ1n) is 17.1. The summed E-state index contributed by atoms with van der Waals surface area (Å²) in [6, 6.07) is 63.0. The molecule has 50 heavy (non-hydrogen) atoms. The quantitative estimate of drug-likeness (QED) is 0.164. The van der Waals surface area contributed by atoms with Crippen LogP contribution in [0.5, 0.6) is 0 Å². The highest BCUT2D eigenvalue weighted by molar-refractivity contribution is 7.29. The van der Waals surface area contributed by atoms with Crippen LogP contribution in [0.1, 0.15) is 0 Å². The molecule has 0 atom stereocenters. The van der Waals surface area contributed by atoms with Crippen LogP contribution in [0.2, 0.25) is 0 Å². The van der Waals surface area contributed by atoms with Crippen LogP contribution in [0, 0.1) is 0 Å². The maximum absolute atomic E-state index is 2.44. The predicted molar refractivity (Wildman–Crippen MR) is 221 cm³/mol. The van der Waals surface area contributed by atoms with Crippen molar-refractivity contribution in [1.82, 2.24) is 0 Å². The Labute approximate surface area is 297 Å². The maximum atomic E-state index is 2.44. The fourth-order valence-corrected chi connectivity index (χ4v) is 10.7. The van der Waals surface area contributed by atoms with Gasteiger partial charge in [0.2, 0.25) is 0 Å². The summed E-state index contributed by atoms with van der Waals surface area (Å²) >= 11 is 3.83. The van der Waals surface area contributed by atoms with Gasteiger partial charge in [-0.2, -0.15) is 0 Å². The monoisotopic (exact) mass is 668 g/mol. The Morgan fingerprint density at radius 2 is 0.920 bits per heavy atom. The first-order valence-corrected chi connectivity index (χ1v) is 18.7. The second kappa shape index (κ2) is 10.9. The zero-order valence-corrected chi connectivity index (χ0v) is 28.6. The van der Waals surface area contributed by atoms with E-state index in [2.05, 4.69) is 170 Å². The lowest BCUT2D eigenvalue weighted by atomic mass is 9.84. The maximum Gasteiger partial charge on any atom is 0.0448 e. The van der Waals surface area contributed by atoms with Crippen LogP contribution in [0.25, 0.3) is 106 Å². The SMILES string of the molecule is c1ccc(-c2c3ccccc3c(-c3cc(-c4ccc5c(c4)sc4ccc6c7ccccc7sc6c45)cc4ccccc34)c3ccccc23)cc1. The highest BCUT2D eigenvalue weighted by Crippen LogP contribution is 2.48. The topological polar surface area (TPSA) is 0 Å². The van der Waals surface area contributed by atoms with Crippen molar-refractivity contribution in [2.45, 2.75) is 0 Å². The molecule has 0 amide bonds. The fraction of sp³-hybridized carbons (Fsp3) is 0. The third kappa shape index (κ3) is 4.10. The van der Waals surface area contributed by atoms with Crippen LogP contribution in [0.15, 0.2) is 170 Å². The molecular formula is C48H28S2. The number of benzene rings is 9. The van der Waals surface area contributed by atoms with E-state index < -0.39 is 0 Å². The Morgan fingerprint density at radius 3 is 1.68 bits per heavy atom. The van der Waals surface area contributed by atoms with Crippen LogP contribution in [0.4, 0.5) is 0 Å². The number of rotatable bonds is 3. The highest BCUT2D eigenvalue weighted by Gasteiger charge is 2.19. The van der Waals surface area contributed by atoms with Gasteiger partial charge in [0.05, 0.1) is 0 Å². The molecule has 0 unspecified atom stereocenters. The van der Waals surface area contributed by atoms with E-state index in [0.29, 0.717) is 0 Å². The van der Waals surface area contributed by atoms with E-state index in [0.717, 1.165) is 0 Å².